The number of rotatable bonds is 7. The number of hydrogen-bond donors (Lipinski definition) is 1. The Kier molecular flexibility index (Phi) is 6.75. The van der Waals surface area contributed by atoms with Gasteiger partial charge in [-0.15, -0.1) is 0 Å². The lowest BCUT2D eigenvalue weighted by Gasteiger charge is -2.31. The third-order valence-electron chi connectivity index (χ3n) is 5.84. The van der Waals surface area contributed by atoms with E-state index in [0.29, 0.717) is 28.6 Å². The Labute approximate surface area is 214 Å². The predicted molar refractivity (Wildman–Crippen MR) is 141 cm³/mol. The van der Waals surface area contributed by atoms with Crippen LogP contribution in [-0.2, 0) is 27.9 Å². The van der Waals surface area contributed by atoms with Crippen molar-refractivity contribution in [2.45, 2.75) is 30.1 Å². The highest BCUT2D eigenvalue weighted by Gasteiger charge is 2.36. The molecule has 7 nitrogen and oxygen atoms in total. The van der Waals surface area contributed by atoms with E-state index in [2.05, 4.69) is 15.3 Å². The SMILES string of the molecule is Cc1ccc(CN2c3ccccc3-c3nc(SCC(=O)NCc4ccccc4)ncc3S2(=O)=O)cc1. The molecule has 0 saturated heterocycles. The molecule has 182 valence electrons. The van der Waals surface area contributed by atoms with Gasteiger partial charge >= 0.3 is 0 Å². The summed E-state index contributed by atoms with van der Waals surface area (Å²) in [5.74, 6) is -0.0259. The van der Waals surface area contributed by atoms with E-state index in [4.69, 9.17) is 0 Å². The smallest absolute Gasteiger partial charge is 0.268 e. The van der Waals surface area contributed by atoms with Crippen molar-refractivity contribution in [3.8, 4) is 11.3 Å². The van der Waals surface area contributed by atoms with Crippen LogP contribution in [-0.4, -0.2) is 30.0 Å². The largest absolute Gasteiger partial charge is 0.351 e. The summed E-state index contributed by atoms with van der Waals surface area (Å²) in [6, 6.07) is 24.8. The van der Waals surface area contributed by atoms with E-state index in [0.717, 1.165) is 16.7 Å². The topological polar surface area (TPSA) is 92.3 Å². The highest BCUT2D eigenvalue weighted by atomic mass is 32.2. The van der Waals surface area contributed by atoms with Gasteiger partial charge in [-0.05, 0) is 24.1 Å². The molecular formula is C27H24N4O3S2. The van der Waals surface area contributed by atoms with Crippen LogP contribution in [0.5, 0.6) is 0 Å². The summed E-state index contributed by atoms with van der Waals surface area (Å²) in [4.78, 5) is 21.2. The average molecular weight is 517 g/mol. The zero-order valence-electron chi connectivity index (χ0n) is 19.6. The van der Waals surface area contributed by atoms with E-state index in [9.17, 15) is 13.2 Å². The Morgan fingerprint density at radius 1 is 0.944 bits per heavy atom. The number of para-hydroxylation sites is 1. The van der Waals surface area contributed by atoms with E-state index < -0.39 is 10.0 Å². The Bertz CT molecular complexity index is 1510. The van der Waals surface area contributed by atoms with Crippen LogP contribution in [0.15, 0.2) is 95.1 Å². The van der Waals surface area contributed by atoms with Crippen molar-refractivity contribution in [1.29, 1.82) is 0 Å². The second kappa shape index (κ2) is 10.1. The molecule has 9 heteroatoms. The van der Waals surface area contributed by atoms with Crippen LogP contribution in [0, 0.1) is 6.92 Å². The second-order valence-corrected chi connectivity index (χ2v) is 11.2. The normalized spacial score (nSPS) is 13.5. The van der Waals surface area contributed by atoms with Crippen LogP contribution >= 0.6 is 11.8 Å². The molecule has 1 aromatic heterocycles. The van der Waals surface area contributed by atoms with Crippen molar-refractivity contribution in [3.05, 3.63) is 102 Å². The summed E-state index contributed by atoms with van der Waals surface area (Å²) in [5, 5.41) is 3.22. The summed E-state index contributed by atoms with van der Waals surface area (Å²) < 4.78 is 28.6. The fraction of sp³-hybridized carbons (Fsp3) is 0.148. The van der Waals surface area contributed by atoms with Crippen molar-refractivity contribution >= 4 is 33.4 Å². The van der Waals surface area contributed by atoms with Crippen molar-refractivity contribution < 1.29 is 13.2 Å². The van der Waals surface area contributed by atoms with Crippen LogP contribution in [0.25, 0.3) is 11.3 Å². The average Bonchev–Trinajstić information content (AvgIpc) is 2.90. The summed E-state index contributed by atoms with van der Waals surface area (Å²) in [6.45, 7) is 2.64. The zero-order valence-corrected chi connectivity index (χ0v) is 21.2. The minimum absolute atomic E-state index is 0.0613. The second-order valence-electron chi connectivity index (χ2n) is 8.43. The van der Waals surface area contributed by atoms with Gasteiger partial charge in [-0.1, -0.05) is 90.1 Å². The first-order chi connectivity index (χ1) is 17.4. The molecule has 0 aliphatic carbocycles. The number of aromatic nitrogens is 2. The van der Waals surface area contributed by atoms with E-state index in [-0.39, 0.29) is 23.1 Å². The number of carbonyl (C=O) groups is 1. The maximum Gasteiger partial charge on any atom is 0.268 e. The standard InChI is InChI=1S/C27H24N4O3S2/c1-19-11-13-21(14-12-19)17-31-23-10-6-5-9-22(23)26-24(36(31,33)34)16-29-27(30-26)35-18-25(32)28-15-20-7-3-2-4-8-20/h2-14,16H,15,17-18H2,1H3,(H,28,32). The minimum Gasteiger partial charge on any atom is -0.351 e. The third kappa shape index (κ3) is 4.98. The first-order valence-electron chi connectivity index (χ1n) is 11.4. The Balaban J connectivity index is 1.37. The van der Waals surface area contributed by atoms with Crippen molar-refractivity contribution in [3.63, 3.8) is 0 Å². The number of sulfonamides is 1. The fourth-order valence-corrected chi connectivity index (χ4v) is 6.16. The van der Waals surface area contributed by atoms with E-state index in [1.807, 2.05) is 79.7 Å². The van der Waals surface area contributed by atoms with Crippen LogP contribution in [0.4, 0.5) is 5.69 Å². The molecule has 4 aromatic rings. The van der Waals surface area contributed by atoms with Crippen LogP contribution < -0.4 is 9.62 Å². The van der Waals surface area contributed by atoms with Crippen molar-refractivity contribution in [2.75, 3.05) is 10.1 Å². The van der Waals surface area contributed by atoms with Gasteiger partial charge in [-0.25, -0.2) is 18.4 Å². The van der Waals surface area contributed by atoms with Gasteiger partial charge in [0.15, 0.2) is 5.16 Å². The third-order valence-corrected chi connectivity index (χ3v) is 8.46. The number of thioether (sulfide) groups is 1. The first-order valence-corrected chi connectivity index (χ1v) is 13.8. The molecule has 0 atom stereocenters. The highest BCUT2D eigenvalue weighted by Crippen LogP contribution is 2.42. The first kappa shape index (κ1) is 24.0. The van der Waals surface area contributed by atoms with Gasteiger partial charge in [0.1, 0.15) is 4.90 Å². The van der Waals surface area contributed by atoms with Crippen LogP contribution in [0.1, 0.15) is 16.7 Å². The van der Waals surface area contributed by atoms with E-state index >= 15 is 0 Å². The quantitative estimate of drug-likeness (QED) is 0.286. The lowest BCUT2D eigenvalue weighted by Crippen LogP contribution is -2.34. The van der Waals surface area contributed by atoms with Gasteiger partial charge in [0.05, 0.1) is 29.9 Å². The molecule has 1 aliphatic heterocycles. The van der Waals surface area contributed by atoms with Gasteiger partial charge in [0.25, 0.3) is 10.0 Å². The monoisotopic (exact) mass is 516 g/mol. The summed E-state index contributed by atoms with van der Waals surface area (Å²) in [5.41, 5.74) is 4.65. The Morgan fingerprint density at radius 2 is 1.67 bits per heavy atom. The van der Waals surface area contributed by atoms with E-state index in [1.54, 1.807) is 6.07 Å². The molecule has 0 unspecified atom stereocenters. The number of aryl methyl sites for hydroxylation is 1. The molecule has 0 saturated carbocycles. The predicted octanol–water partition coefficient (Wildman–Crippen LogP) is 4.57. The van der Waals surface area contributed by atoms with Crippen molar-refractivity contribution in [2.24, 2.45) is 0 Å². The van der Waals surface area contributed by atoms with Crippen LogP contribution in [0.2, 0.25) is 0 Å². The molecule has 36 heavy (non-hydrogen) atoms. The lowest BCUT2D eigenvalue weighted by molar-refractivity contribution is -0.118. The molecule has 0 bridgehead atoms. The Morgan fingerprint density at radius 3 is 2.44 bits per heavy atom. The number of carbonyl (C=O) groups excluding carboxylic acids is 1. The van der Waals surface area contributed by atoms with Gasteiger partial charge in [0, 0.05) is 12.1 Å². The number of hydrogen-bond acceptors (Lipinski definition) is 6. The molecule has 1 aliphatic rings. The molecular weight excluding hydrogens is 492 g/mol. The van der Waals surface area contributed by atoms with Crippen LogP contribution in [0.3, 0.4) is 0 Å². The van der Waals surface area contributed by atoms with Gasteiger partial charge < -0.3 is 5.32 Å². The number of nitrogens with zero attached hydrogens (tertiary/aromatic N) is 3. The van der Waals surface area contributed by atoms with Gasteiger partial charge in [-0.3, -0.25) is 9.10 Å². The highest BCUT2D eigenvalue weighted by molar-refractivity contribution is 7.99. The lowest BCUT2D eigenvalue weighted by atomic mass is 10.1. The molecule has 0 fully saturated rings. The molecule has 1 N–H and O–H groups in total. The maximum absolute atomic E-state index is 13.6. The van der Waals surface area contributed by atoms with E-state index in [1.165, 1.54) is 22.3 Å². The summed E-state index contributed by atoms with van der Waals surface area (Å²) in [7, 11) is -3.87. The molecule has 3 aromatic carbocycles. The summed E-state index contributed by atoms with van der Waals surface area (Å²) in [6.07, 6.45) is 1.35. The minimum atomic E-state index is -3.87. The Hall–Kier alpha value is -3.69. The number of benzene rings is 3. The van der Waals surface area contributed by atoms with Gasteiger partial charge in [0.2, 0.25) is 5.91 Å². The number of nitrogens with one attached hydrogen (secondary N) is 1. The number of amides is 1. The molecule has 5 rings (SSSR count). The fourth-order valence-electron chi connectivity index (χ4n) is 3.95. The summed E-state index contributed by atoms with van der Waals surface area (Å²) >= 11 is 1.17. The maximum atomic E-state index is 13.6. The number of anilines is 1. The van der Waals surface area contributed by atoms with Gasteiger partial charge in [-0.2, -0.15) is 0 Å². The zero-order chi connectivity index (χ0) is 25.1. The molecule has 0 radical (unpaired) electrons. The van der Waals surface area contributed by atoms with Crippen molar-refractivity contribution in [1.82, 2.24) is 15.3 Å². The molecule has 0 spiro atoms. The molecule has 2 heterocycles. The molecule has 1 amide bonds. The number of fused-ring (bicyclic) bond motifs is 3.